The van der Waals surface area contributed by atoms with Crippen molar-refractivity contribution in [3.8, 4) is 0 Å². The highest BCUT2D eigenvalue weighted by Crippen LogP contribution is 2.30. The van der Waals surface area contributed by atoms with Crippen LogP contribution in [0.2, 0.25) is 0 Å². The van der Waals surface area contributed by atoms with Gasteiger partial charge in [-0.25, -0.2) is 4.79 Å². The summed E-state index contributed by atoms with van der Waals surface area (Å²) in [6, 6.07) is 1.62. The maximum Gasteiger partial charge on any atom is 0.326 e. The molecule has 21 heavy (non-hydrogen) atoms. The van der Waals surface area contributed by atoms with Gasteiger partial charge in [0.1, 0.15) is 6.04 Å². The van der Waals surface area contributed by atoms with E-state index in [2.05, 4.69) is 19.9 Å². The van der Waals surface area contributed by atoms with Gasteiger partial charge in [-0.15, -0.1) is 11.3 Å². The zero-order valence-corrected chi connectivity index (χ0v) is 13.7. The van der Waals surface area contributed by atoms with Gasteiger partial charge in [0.05, 0.1) is 0 Å². The third kappa shape index (κ3) is 4.06. The lowest BCUT2D eigenvalue weighted by atomic mass is 10.1. The van der Waals surface area contributed by atoms with E-state index in [-0.39, 0.29) is 11.9 Å². The molecule has 0 radical (unpaired) electrons. The maximum absolute atomic E-state index is 12.3. The minimum atomic E-state index is -0.917. The summed E-state index contributed by atoms with van der Waals surface area (Å²) in [5.41, 5.74) is 1.31. The third-order valence-electron chi connectivity index (χ3n) is 3.98. The van der Waals surface area contributed by atoms with Gasteiger partial charge in [0.2, 0.25) is 5.91 Å². The molecule has 1 aromatic rings. The Bertz CT molecular complexity index is 534. The van der Waals surface area contributed by atoms with Crippen LogP contribution in [0.4, 0.5) is 0 Å². The van der Waals surface area contributed by atoms with Crippen LogP contribution in [0, 0.1) is 13.8 Å². The van der Waals surface area contributed by atoms with Crippen molar-refractivity contribution in [3.63, 3.8) is 0 Å². The minimum Gasteiger partial charge on any atom is -0.480 e. The fraction of sp³-hybridized carbons (Fsp3) is 0.625. The number of hydrogen-bond donors (Lipinski definition) is 1. The fourth-order valence-electron chi connectivity index (χ4n) is 2.70. The molecule has 1 unspecified atom stereocenters. The topological polar surface area (TPSA) is 57.6 Å². The predicted molar refractivity (Wildman–Crippen MR) is 83.7 cm³/mol. The maximum atomic E-state index is 12.3. The highest BCUT2D eigenvalue weighted by Gasteiger charge is 2.37. The van der Waals surface area contributed by atoms with Gasteiger partial charge in [0, 0.05) is 22.2 Å². The minimum absolute atomic E-state index is 0.0167. The van der Waals surface area contributed by atoms with E-state index >= 15 is 0 Å². The van der Waals surface area contributed by atoms with E-state index in [1.165, 1.54) is 15.3 Å². The SMILES string of the molecule is Cc1cc(CCCC(=O)N(C2CC2)C(C)C(=O)O)c(C)s1. The Hall–Kier alpha value is -1.36. The van der Waals surface area contributed by atoms with Gasteiger partial charge in [0.25, 0.3) is 0 Å². The van der Waals surface area contributed by atoms with Crippen LogP contribution in [0.25, 0.3) is 0 Å². The highest BCUT2D eigenvalue weighted by molar-refractivity contribution is 7.12. The van der Waals surface area contributed by atoms with Gasteiger partial charge < -0.3 is 10.0 Å². The lowest BCUT2D eigenvalue weighted by molar-refractivity contribution is -0.150. The number of carboxylic acid groups (broad SMARTS) is 1. The molecule has 0 saturated heterocycles. The molecule has 0 aromatic carbocycles. The van der Waals surface area contributed by atoms with Crippen molar-refractivity contribution < 1.29 is 14.7 Å². The second-order valence-corrected chi connectivity index (χ2v) is 7.30. The average molecular weight is 309 g/mol. The molecule has 116 valence electrons. The molecule has 0 aliphatic heterocycles. The monoisotopic (exact) mass is 309 g/mol. The summed E-state index contributed by atoms with van der Waals surface area (Å²) in [5, 5.41) is 9.13. The second kappa shape index (κ2) is 6.60. The molecule has 1 heterocycles. The van der Waals surface area contributed by atoms with Crippen molar-refractivity contribution in [3.05, 3.63) is 21.4 Å². The van der Waals surface area contributed by atoms with E-state index in [0.717, 1.165) is 25.7 Å². The van der Waals surface area contributed by atoms with Gasteiger partial charge in [-0.05, 0) is 58.1 Å². The lowest BCUT2D eigenvalue weighted by Gasteiger charge is -2.26. The van der Waals surface area contributed by atoms with Crippen LogP contribution in [-0.4, -0.2) is 34.0 Å². The molecule has 0 bridgehead atoms. The van der Waals surface area contributed by atoms with Crippen LogP contribution in [0.5, 0.6) is 0 Å². The first-order chi connectivity index (χ1) is 9.90. The molecule has 0 spiro atoms. The van der Waals surface area contributed by atoms with E-state index < -0.39 is 12.0 Å². The Balaban J connectivity index is 1.88. The number of carbonyl (C=O) groups is 2. The molecule has 1 fully saturated rings. The van der Waals surface area contributed by atoms with E-state index in [1.807, 2.05) is 0 Å². The number of aryl methyl sites for hydroxylation is 3. The number of rotatable bonds is 7. The quantitative estimate of drug-likeness (QED) is 0.841. The summed E-state index contributed by atoms with van der Waals surface area (Å²) in [4.78, 5) is 27.6. The average Bonchev–Trinajstić information content (AvgIpc) is 3.16. The van der Waals surface area contributed by atoms with Gasteiger partial charge >= 0.3 is 5.97 Å². The van der Waals surface area contributed by atoms with Crippen molar-refractivity contribution in [2.75, 3.05) is 0 Å². The molecule has 1 saturated carbocycles. The molecule has 4 nitrogen and oxygen atoms in total. The number of thiophene rings is 1. The zero-order valence-electron chi connectivity index (χ0n) is 12.9. The van der Waals surface area contributed by atoms with E-state index in [0.29, 0.717) is 6.42 Å². The van der Waals surface area contributed by atoms with Crippen LogP contribution in [-0.2, 0) is 16.0 Å². The molecular formula is C16H23NO3S. The van der Waals surface area contributed by atoms with Crippen molar-refractivity contribution in [2.45, 2.75) is 65.0 Å². The number of nitrogens with zero attached hydrogens (tertiary/aromatic N) is 1. The number of amides is 1. The van der Waals surface area contributed by atoms with Crippen LogP contribution in [0.1, 0.15) is 47.9 Å². The molecule has 5 heteroatoms. The molecule has 1 aliphatic rings. The van der Waals surface area contributed by atoms with Crippen molar-refractivity contribution in [1.82, 2.24) is 4.90 Å². The van der Waals surface area contributed by atoms with E-state index in [1.54, 1.807) is 23.2 Å². The van der Waals surface area contributed by atoms with Gasteiger partial charge in [-0.3, -0.25) is 4.79 Å². The summed E-state index contributed by atoms with van der Waals surface area (Å²) in [7, 11) is 0. The zero-order chi connectivity index (χ0) is 15.6. The first-order valence-electron chi connectivity index (χ1n) is 7.50. The molecule has 1 aromatic heterocycles. The van der Waals surface area contributed by atoms with Crippen molar-refractivity contribution >= 4 is 23.2 Å². The first-order valence-corrected chi connectivity index (χ1v) is 8.31. The first kappa shape index (κ1) is 16.0. The summed E-state index contributed by atoms with van der Waals surface area (Å²) in [5.74, 6) is -0.934. The highest BCUT2D eigenvalue weighted by atomic mass is 32.1. The number of carboxylic acids is 1. The van der Waals surface area contributed by atoms with Gasteiger partial charge in [-0.1, -0.05) is 0 Å². The van der Waals surface area contributed by atoms with Crippen LogP contribution in [0.3, 0.4) is 0 Å². The van der Waals surface area contributed by atoms with Crippen LogP contribution < -0.4 is 0 Å². The largest absolute Gasteiger partial charge is 0.480 e. The second-order valence-electron chi connectivity index (χ2n) is 5.84. The Morgan fingerprint density at radius 2 is 2.10 bits per heavy atom. The van der Waals surface area contributed by atoms with Crippen molar-refractivity contribution in [1.29, 1.82) is 0 Å². The number of hydrogen-bond acceptors (Lipinski definition) is 3. The van der Waals surface area contributed by atoms with Crippen LogP contribution >= 0.6 is 11.3 Å². The predicted octanol–water partition coefficient (Wildman–Crippen LogP) is 3.15. The molecule has 1 aliphatic carbocycles. The molecular weight excluding hydrogens is 286 g/mol. The standard InChI is InChI=1S/C16H23NO3S/c1-10-9-13(12(3)21-10)5-4-6-15(18)17(14-7-8-14)11(2)16(19)20/h9,11,14H,4-8H2,1-3H3,(H,19,20). The smallest absolute Gasteiger partial charge is 0.326 e. The third-order valence-corrected chi connectivity index (χ3v) is 4.99. The molecule has 1 N–H and O–H groups in total. The molecule has 1 amide bonds. The van der Waals surface area contributed by atoms with Gasteiger partial charge in [-0.2, -0.15) is 0 Å². The number of aliphatic carboxylic acids is 1. The van der Waals surface area contributed by atoms with Crippen molar-refractivity contribution in [2.24, 2.45) is 0 Å². The van der Waals surface area contributed by atoms with Gasteiger partial charge in [0.15, 0.2) is 0 Å². The van der Waals surface area contributed by atoms with E-state index in [9.17, 15) is 9.59 Å². The Kier molecular flexibility index (Phi) is 5.04. The fourth-order valence-corrected chi connectivity index (χ4v) is 3.67. The normalized spacial score (nSPS) is 15.8. The molecule has 1 atom stereocenters. The van der Waals surface area contributed by atoms with E-state index in [4.69, 9.17) is 5.11 Å². The van der Waals surface area contributed by atoms with Crippen LogP contribution in [0.15, 0.2) is 6.07 Å². The lowest BCUT2D eigenvalue weighted by Crippen LogP contribution is -2.44. The summed E-state index contributed by atoms with van der Waals surface area (Å²) in [6.07, 6.45) is 3.98. The molecule has 2 rings (SSSR count). The summed E-state index contributed by atoms with van der Waals surface area (Å²) < 4.78 is 0. The number of carbonyl (C=O) groups excluding carboxylic acids is 1. The Labute approximate surface area is 129 Å². The Morgan fingerprint density at radius 1 is 1.43 bits per heavy atom. The summed E-state index contributed by atoms with van der Waals surface area (Å²) in [6.45, 7) is 5.80. The summed E-state index contributed by atoms with van der Waals surface area (Å²) >= 11 is 1.79. The Morgan fingerprint density at radius 3 is 2.57 bits per heavy atom.